The zero-order valence-electron chi connectivity index (χ0n) is 7.46. The maximum atomic E-state index is 13.3. The highest BCUT2D eigenvalue weighted by molar-refractivity contribution is 6.19. The van der Waals surface area contributed by atoms with E-state index in [9.17, 15) is 18.4 Å². The molecule has 0 bridgehead atoms. The van der Waals surface area contributed by atoms with Crippen LogP contribution >= 0.6 is 0 Å². The standard InChI is InChI=1S/C9H6F2N2O2/c10-5-2-1-3-6(8(5)11)13-7(14)4-12-9(13)15/h1-3H,4H2,(H,12,15). The Kier molecular flexibility index (Phi) is 2.11. The van der Waals surface area contributed by atoms with Crippen LogP contribution in [0.5, 0.6) is 0 Å². The summed E-state index contributed by atoms with van der Waals surface area (Å²) in [6.07, 6.45) is 0. The molecule has 78 valence electrons. The van der Waals surface area contributed by atoms with Crippen LogP contribution < -0.4 is 10.2 Å². The lowest BCUT2D eigenvalue weighted by atomic mass is 10.2. The molecule has 1 aliphatic rings. The van der Waals surface area contributed by atoms with Crippen molar-refractivity contribution in [1.82, 2.24) is 5.32 Å². The number of hydrogen-bond acceptors (Lipinski definition) is 2. The van der Waals surface area contributed by atoms with Gasteiger partial charge in [0.05, 0.1) is 12.2 Å². The summed E-state index contributed by atoms with van der Waals surface area (Å²) in [6.45, 7) is -0.200. The quantitative estimate of drug-likeness (QED) is 0.706. The van der Waals surface area contributed by atoms with Gasteiger partial charge in [0.2, 0.25) is 0 Å². The lowest BCUT2D eigenvalue weighted by Crippen LogP contribution is -2.31. The van der Waals surface area contributed by atoms with Crippen molar-refractivity contribution in [3.63, 3.8) is 0 Å². The smallest absolute Gasteiger partial charge is 0.328 e. The van der Waals surface area contributed by atoms with E-state index in [0.717, 1.165) is 6.07 Å². The summed E-state index contributed by atoms with van der Waals surface area (Å²) in [6, 6.07) is 2.56. The molecule has 0 spiro atoms. The Balaban J connectivity index is 2.49. The minimum atomic E-state index is -1.21. The summed E-state index contributed by atoms with van der Waals surface area (Å²) in [4.78, 5) is 22.9. The van der Waals surface area contributed by atoms with Crippen molar-refractivity contribution in [2.75, 3.05) is 11.4 Å². The Hall–Kier alpha value is -1.98. The van der Waals surface area contributed by atoms with Gasteiger partial charge in [0.25, 0.3) is 5.91 Å². The Morgan fingerprint density at radius 2 is 2.00 bits per heavy atom. The number of rotatable bonds is 1. The monoisotopic (exact) mass is 212 g/mol. The molecule has 0 radical (unpaired) electrons. The second-order valence-electron chi connectivity index (χ2n) is 2.96. The molecule has 1 heterocycles. The number of hydrogen-bond donors (Lipinski definition) is 1. The molecular formula is C9H6F2N2O2. The Morgan fingerprint density at radius 1 is 1.27 bits per heavy atom. The summed E-state index contributed by atoms with van der Waals surface area (Å²) < 4.78 is 26.1. The summed E-state index contributed by atoms with van der Waals surface area (Å²) in [5.74, 6) is -2.91. The minimum absolute atomic E-state index is 0.200. The van der Waals surface area contributed by atoms with Crippen LogP contribution in [0.25, 0.3) is 0 Å². The summed E-state index contributed by atoms with van der Waals surface area (Å²) in [5, 5.41) is 2.21. The van der Waals surface area contributed by atoms with Gasteiger partial charge in [-0.1, -0.05) is 6.07 Å². The van der Waals surface area contributed by atoms with Gasteiger partial charge in [-0.25, -0.2) is 18.5 Å². The van der Waals surface area contributed by atoms with Crippen molar-refractivity contribution in [1.29, 1.82) is 0 Å². The van der Waals surface area contributed by atoms with Crippen LogP contribution in [0.15, 0.2) is 18.2 Å². The van der Waals surface area contributed by atoms with E-state index in [4.69, 9.17) is 0 Å². The van der Waals surface area contributed by atoms with Crippen molar-refractivity contribution in [2.24, 2.45) is 0 Å². The molecule has 6 heteroatoms. The van der Waals surface area contributed by atoms with E-state index in [2.05, 4.69) is 5.32 Å². The van der Waals surface area contributed by atoms with Crippen molar-refractivity contribution in [2.45, 2.75) is 0 Å². The third-order valence-corrected chi connectivity index (χ3v) is 2.02. The van der Waals surface area contributed by atoms with E-state index in [1.165, 1.54) is 12.1 Å². The van der Waals surface area contributed by atoms with Crippen molar-refractivity contribution >= 4 is 17.6 Å². The van der Waals surface area contributed by atoms with E-state index in [1.54, 1.807) is 0 Å². The molecule has 0 aliphatic carbocycles. The lowest BCUT2D eigenvalue weighted by molar-refractivity contribution is -0.115. The number of carbonyl (C=O) groups excluding carboxylic acids is 2. The number of nitrogens with zero attached hydrogens (tertiary/aromatic N) is 1. The zero-order chi connectivity index (χ0) is 11.0. The Bertz CT molecular complexity index is 432. The molecular weight excluding hydrogens is 206 g/mol. The normalized spacial score (nSPS) is 15.7. The van der Waals surface area contributed by atoms with Gasteiger partial charge in [-0.3, -0.25) is 4.79 Å². The van der Waals surface area contributed by atoms with E-state index < -0.39 is 23.6 Å². The first-order chi connectivity index (χ1) is 7.11. The molecule has 2 rings (SSSR count). The first kappa shape index (κ1) is 9.57. The van der Waals surface area contributed by atoms with Gasteiger partial charge in [0.15, 0.2) is 11.6 Å². The number of imide groups is 1. The second kappa shape index (κ2) is 3.30. The highest BCUT2D eigenvalue weighted by Crippen LogP contribution is 2.23. The van der Waals surface area contributed by atoms with Gasteiger partial charge in [-0.2, -0.15) is 0 Å². The first-order valence-electron chi connectivity index (χ1n) is 4.16. The third-order valence-electron chi connectivity index (χ3n) is 2.02. The van der Waals surface area contributed by atoms with Crippen molar-refractivity contribution in [3.8, 4) is 0 Å². The molecule has 1 aliphatic heterocycles. The summed E-state index contributed by atoms with van der Waals surface area (Å²) >= 11 is 0. The number of nitrogens with one attached hydrogen (secondary N) is 1. The lowest BCUT2D eigenvalue weighted by Gasteiger charge is -2.12. The maximum Gasteiger partial charge on any atom is 0.329 e. The third kappa shape index (κ3) is 1.43. The number of carbonyl (C=O) groups is 2. The SMILES string of the molecule is O=C1CNC(=O)N1c1cccc(F)c1F. The average Bonchev–Trinajstić information content (AvgIpc) is 2.52. The summed E-state index contributed by atoms with van der Waals surface area (Å²) in [5.41, 5.74) is -0.366. The maximum absolute atomic E-state index is 13.3. The topological polar surface area (TPSA) is 49.4 Å². The van der Waals surface area contributed by atoms with Crippen molar-refractivity contribution in [3.05, 3.63) is 29.8 Å². The van der Waals surface area contributed by atoms with E-state index in [0.29, 0.717) is 4.90 Å². The number of amides is 3. The van der Waals surface area contributed by atoms with Crippen LogP contribution in [0, 0.1) is 11.6 Å². The number of anilines is 1. The van der Waals surface area contributed by atoms with E-state index in [1.807, 2.05) is 0 Å². The Morgan fingerprint density at radius 3 is 2.60 bits per heavy atom. The molecule has 1 fully saturated rings. The predicted molar refractivity (Wildman–Crippen MR) is 47.2 cm³/mol. The fourth-order valence-corrected chi connectivity index (χ4v) is 1.33. The van der Waals surface area contributed by atoms with Crippen molar-refractivity contribution < 1.29 is 18.4 Å². The Labute approximate surface area is 83.5 Å². The highest BCUT2D eigenvalue weighted by Gasteiger charge is 2.32. The largest absolute Gasteiger partial charge is 0.329 e. The van der Waals surface area contributed by atoms with Crippen LogP contribution in [0.3, 0.4) is 0 Å². The summed E-state index contributed by atoms with van der Waals surface area (Å²) in [7, 11) is 0. The van der Waals surface area contributed by atoms with E-state index >= 15 is 0 Å². The molecule has 15 heavy (non-hydrogen) atoms. The van der Waals surface area contributed by atoms with Gasteiger partial charge in [0.1, 0.15) is 0 Å². The molecule has 4 nitrogen and oxygen atoms in total. The predicted octanol–water partition coefficient (Wildman–Crippen LogP) is 1.02. The second-order valence-corrected chi connectivity index (χ2v) is 2.96. The van der Waals surface area contributed by atoms with Crippen LogP contribution in [0.1, 0.15) is 0 Å². The molecule has 0 aromatic heterocycles. The fourth-order valence-electron chi connectivity index (χ4n) is 1.33. The molecule has 1 saturated heterocycles. The average molecular weight is 212 g/mol. The van der Waals surface area contributed by atoms with Crippen LogP contribution in [-0.4, -0.2) is 18.5 Å². The molecule has 1 N–H and O–H groups in total. The number of halogens is 2. The molecule has 3 amide bonds. The molecule has 0 saturated carbocycles. The molecule has 0 unspecified atom stereocenters. The van der Waals surface area contributed by atoms with Gasteiger partial charge < -0.3 is 5.32 Å². The first-order valence-corrected chi connectivity index (χ1v) is 4.16. The molecule has 0 atom stereocenters. The molecule has 1 aromatic carbocycles. The van der Waals surface area contributed by atoms with Crippen LogP contribution in [0.2, 0.25) is 0 Å². The van der Waals surface area contributed by atoms with E-state index in [-0.39, 0.29) is 12.2 Å². The van der Waals surface area contributed by atoms with Crippen LogP contribution in [-0.2, 0) is 4.79 Å². The van der Waals surface area contributed by atoms with Gasteiger partial charge in [-0.15, -0.1) is 0 Å². The molecule has 1 aromatic rings. The van der Waals surface area contributed by atoms with Gasteiger partial charge in [0, 0.05) is 0 Å². The highest BCUT2D eigenvalue weighted by atomic mass is 19.2. The van der Waals surface area contributed by atoms with Gasteiger partial charge in [-0.05, 0) is 12.1 Å². The number of benzene rings is 1. The number of urea groups is 1. The van der Waals surface area contributed by atoms with Crippen LogP contribution in [0.4, 0.5) is 19.3 Å². The fraction of sp³-hybridized carbons (Fsp3) is 0.111. The minimum Gasteiger partial charge on any atom is -0.328 e. The van der Waals surface area contributed by atoms with Gasteiger partial charge >= 0.3 is 6.03 Å². The zero-order valence-corrected chi connectivity index (χ0v) is 7.46.